The van der Waals surface area contributed by atoms with Crippen LogP contribution in [-0.2, 0) is 0 Å². The van der Waals surface area contributed by atoms with Gasteiger partial charge in [-0.15, -0.1) is 0 Å². The zero-order valence-electron chi connectivity index (χ0n) is 37.2. The average Bonchev–Trinajstić information content (AvgIpc) is 3.93. The van der Waals surface area contributed by atoms with Crippen LogP contribution < -0.4 is 4.65 Å². The molecule has 12 rings (SSSR count). The summed E-state index contributed by atoms with van der Waals surface area (Å²) in [6, 6.07) is 68.7. The van der Waals surface area contributed by atoms with E-state index < -0.39 is 0 Å². The topological polar surface area (TPSA) is 117 Å². The molecule has 0 aliphatic heterocycles. The fourth-order valence-corrected chi connectivity index (χ4v) is 8.70. The molecular weight excluding hydrogens is 1050 g/mol. The molecule has 0 aliphatic carbocycles. The van der Waals surface area contributed by atoms with E-state index in [0.717, 1.165) is 50.1 Å². The normalized spacial score (nSPS) is 10.7. The lowest BCUT2D eigenvalue weighted by Gasteiger charge is -2.10. The van der Waals surface area contributed by atoms with Crippen molar-refractivity contribution in [1.82, 2.24) is 39.0 Å². The van der Waals surface area contributed by atoms with Gasteiger partial charge < -0.3 is 18.8 Å². The molecule has 10 nitrogen and oxygen atoms in total. The van der Waals surface area contributed by atoms with Gasteiger partial charge in [-0.1, -0.05) is 174 Å². The van der Waals surface area contributed by atoms with Crippen molar-refractivity contribution in [3.63, 3.8) is 0 Å². The third-order valence-electron chi connectivity index (χ3n) is 11.0. The molecule has 70 heavy (non-hydrogen) atoms. The van der Waals surface area contributed by atoms with Crippen LogP contribution >= 0.6 is 57.4 Å². The third-order valence-corrected chi connectivity index (χ3v) is 11.5. The molecule has 12 aromatic rings. The molecular formula is C55H38BCl3IN8O2. The number of hydrogen-bond donors (Lipinski definition) is 1. The highest BCUT2D eigenvalue weighted by Crippen LogP contribution is 2.35. The Balaban J connectivity index is 0.000000139. The zero-order valence-corrected chi connectivity index (χ0v) is 41.6. The van der Waals surface area contributed by atoms with Gasteiger partial charge in [0, 0.05) is 55.7 Å². The maximum Gasteiger partial charge on any atom is 0.569 e. The summed E-state index contributed by atoms with van der Waals surface area (Å²) in [5.74, 6) is 2.19. The van der Waals surface area contributed by atoms with E-state index in [2.05, 4.69) is 154 Å². The van der Waals surface area contributed by atoms with E-state index in [1.165, 1.54) is 21.5 Å². The van der Waals surface area contributed by atoms with Gasteiger partial charge in [-0.05, 0) is 88.3 Å². The molecule has 0 aliphatic rings. The van der Waals surface area contributed by atoms with Gasteiger partial charge in [0.15, 0.2) is 17.5 Å². The quantitative estimate of drug-likeness (QED) is 0.0953. The van der Waals surface area contributed by atoms with Crippen molar-refractivity contribution in [1.29, 1.82) is 0 Å². The second-order valence-electron chi connectivity index (χ2n) is 15.2. The van der Waals surface area contributed by atoms with Crippen molar-refractivity contribution in [2.45, 2.75) is 0 Å². The highest BCUT2D eigenvalue weighted by molar-refractivity contribution is 14.1. The highest BCUT2D eigenvalue weighted by atomic mass is 127. The number of hydrogen-bond acceptors (Lipinski definition) is 8. The summed E-state index contributed by atoms with van der Waals surface area (Å²) in [5.41, 5.74) is 9.28. The van der Waals surface area contributed by atoms with E-state index in [-0.39, 0.29) is 15.9 Å². The van der Waals surface area contributed by atoms with Crippen molar-refractivity contribution in [3.05, 3.63) is 222 Å². The first-order valence-corrected chi connectivity index (χ1v) is 25.0. The Labute approximate surface area is 432 Å². The molecule has 1 radical (unpaired) electrons. The summed E-state index contributed by atoms with van der Waals surface area (Å²) in [4.78, 5) is 27.0. The molecule has 4 heterocycles. The molecule has 0 spiro atoms. The molecule has 4 aromatic heterocycles. The van der Waals surface area contributed by atoms with Crippen LogP contribution in [0.3, 0.4) is 0 Å². The first-order valence-electron chi connectivity index (χ1n) is 21.7. The van der Waals surface area contributed by atoms with Gasteiger partial charge in [-0.3, -0.25) is 0 Å². The molecule has 15 heteroatoms. The molecule has 341 valence electrons. The highest BCUT2D eigenvalue weighted by Gasteiger charge is 2.15. The molecule has 0 saturated carbocycles. The fraction of sp³-hybridized carbons (Fsp3) is 0.0182. The van der Waals surface area contributed by atoms with Crippen LogP contribution in [-0.4, -0.2) is 56.7 Å². The Morgan fingerprint density at radius 3 is 1.17 bits per heavy atom. The fourth-order valence-electron chi connectivity index (χ4n) is 8.18. The number of rotatable bonds is 7. The Morgan fingerprint density at radius 2 is 0.729 bits per heavy atom. The maximum absolute atomic E-state index is 8.83. The van der Waals surface area contributed by atoms with E-state index in [4.69, 9.17) is 49.5 Å². The minimum absolute atomic E-state index is 0.101. The second-order valence-corrected chi connectivity index (χ2v) is 16.2. The molecule has 8 aromatic carbocycles. The van der Waals surface area contributed by atoms with Crippen molar-refractivity contribution in [2.24, 2.45) is 0 Å². The Bertz CT molecular complexity index is 3610. The molecule has 0 atom stereocenters. The smallest absolute Gasteiger partial charge is 0.537 e. The predicted octanol–water partition coefficient (Wildman–Crippen LogP) is 14.5. The van der Waals surface area contributed by atoms with Crippen molar-refractivity contribution < 1.29 is 9.68 Å². The summed E-state index contributed by atoms with van der Waals surface area (Å²) in [7, 11) is 0.699. The molecule has 0 bridgehead atoms. The van der Waals surface area contributed by atoms with Crippen molar-refractivity contribution in [2.75, 3.05) is 4.93 Å². The lowest BCUT2D eigenvalue weighted by molar-refractivity contribution is 0.453. The molecule has 0 amide bonds. The minimum Gasteiger partial charge on any atom is -0.537 e. The summed E-state index contributed by atoms with van der Waals surface area (Å²) in [6.45, 7) is 0. The monoisotopic (exact) mass is 1090 g/mol. The minimum atomic E-state index is 0.101. The van der Waals surface area contributed by atoms with Crippen LogP contribution in [0.25, 0.3) is 89.2 Å². The number of aromatic nitrogens is 8. The SMILES string of the molecule is CI.Clc1nc(-c2ccccc2)nc(-c2cccc(-n3c4ccccc4c4ccccc43)c2)n1.Clc1nc(Cl)nc(-c2ccccc2)n1.O[B]Oc1cccc(-n2c3ccccc3c3ccccc32)c1. The first-order chi connectivity index (χ1) is 34.4. The number of nitrogens with zero attached hydrogens (tertiary/aromatic N) is 8. The van der Waals surface area contributed by atoms with Crippen LogP contribution in [0.15, 0.2) is 206 Å². The summed E-state index contributed by atoms with van der Waals surface area (Å²) in [6.07, 6.45) is 0. The van der Waals surface area contributed by atoms with Crippen LogP contribution in [0.2, 0.25) is 15.9 Å². The van der Waals surface area contributed by atoms with Gasteiger partial charge >= 0.3 is 7.69 Å². The predicted molar refractivity (Wildman–Crippen MR) is 295 cm³/mol. The van der Waals surface area contributed by atoms with E-state index in [9.17, 15) is 0 Å². The lowest BCUT2D eigenvalue weighted by Crippen LogP contribution is -2.01. The van der Waals surface area contributed by atoms with E-state index >= 15 is 0 Å². The third kappa shape index (κ3) is 10.5. The standard InChI is InChI=1S/C27H17ClN4.C18H13BNO2.C9H5Cl2N3.CH3I/c28-27-30-25(18-9-2-1-3-10-18)29-26(31-27)19-11-8-12-20(17-19)32-23-15-6-4-13-21(23)22-14-5-7-16-24(22)32;21-19-22-14-7-5-6-13(12-14)20-17-10-3-1-8-15(17)16-9-2-4-11-18(16)20;10-8-12-7(13-9(11)14-8)6-4-2-1-3-5-6;1-2/h1-17H;1-12,21H;1-5H;1H3. The largest absolute Gasteiger partial charge is 0.569 e. The first kappa shape index (κ1) is 47.9. The van der Waals surface area contributed by atoms with Gasteiger partial charge in [0.1, 0.15) is 5.75 Å². The molecule has 1 N–H and O–H groups in total. The second kappa shape index (κ2) is 22.5. The van der Waals surface area contributed by atoms with Gasteiger partial charge in [-0.2, -0.15) is 24.9 Å². The van der Waals surface area contributed by atoms with E-state index in [1.807, 2.05) is 114 Å². The van der Waals surface area contributed by atoms with Crippen LogP contribution in [0.4, 0.5) is 0 Å². The summed E-state index contributed by atoms with van der Waals surface area (Å²) >= 11 is 19.7. The Hall–Kier alpha value is -7.20. The van der Waals surface area contributed by atoms with Crippen molar-refractivity contribution in [3.8, 4) is 51.3 Å². The molecule has 0 saturated heterocycles. The van der Waals surface area contributed by atoms with Gasteiger partial charge in [-0.25, -0.2) is 4.98 Å². The van der Waals surface area contributed by atoms with Crippen LogP contribution in [0.5, 0.6) is 5.75 Å². The molecule has 0 unspecified atom stereocenters. The number of fused-ring (bicyclic) bond motifs is 6. The lowest BCUT2D eigenvalue weighted by atomic mass is 10.1. The van der Waals surface area contributed by atoms with E-state index in [1.54, 1.807) is 0 Å². The summed E-state index contributed by atoms with van der Waals surface area (Å²) < 4.78 is 9.56. The average molecular weight is 1090 g/mol. The zero-order chi connectivity index (χ0) is 48.4. The van der Waals surface area contributed by atoms with Gasteiger partial charge in [0.2, 0.25) is 15.9 Å². The van der Waals surface area contributed by atoms with Crippen LogP contribution in [0, 0.1) is 0 Å². The van der Waals surface area contributed by atoms with Gasteiger partial charge in [0.05, 0.1) is 22.1 Å². The number of halogens is 4. The van der Waals surface area contributed by atoms with E-state index in [0.29, 0.717) is 30.9 Å². The summed E-state index contributed by atoms with van der Waals surface area (Å²) in [5, 5.41) is 14.1. The van der Waals surface area contributed by atoms with Crippen molar-refractivity contribution >= 4 is 109 Å². The molecule has 0 fully saturated rings. The number of benzene rings is 8. The Kier molecular flexibility index (Phi) is 15.4. The Morgan fingerprint density at radius 1 is 0.386 bits per heavy atom. The van der Waals surface area contributed by atoms with Gasteiger partial charge in [0.25, 0.3) is 0 Å². The van der Waals surface area contributed by atoms with Crippen LogP contribution in [0.1, 0.15) is 0 Å². The number of alkyl halides is 1. The maximum atomic E-state index is 8.83. The number of para-hydroxylation sites is 4.